The summed E-state index contributed by atoms with van der Waals surface area (Å²) in [7, 11) is 4.00. The number of carbonyl (C=O) groups excluding carboxylic acids is 2. The van der Waals surface area contributed by atoms with Gasteiger partial charge in [0.2, 0.25) is 5.91 Å². The molecule has 6 heteroatoms. The number of nitrogens with zero attached hydrogens (tertiary/aromatic N) is 1. The summed E-state index contributed by atoms with van der Waals surface area (Å²) in [6.07, 6.45) is 0.372. The van der Waals surface area contributed by atoms with Gasteiger partial charge in [-0.1, -0.05) is 60.7 Å². The Morgan fingerprint density at radius 1 is 0.848 bits per heavy atom. The number of carbonyl (C=O) groups is 2. The van der Waals surface area contributed by atoms with Crippen LogP contribution in [-0.2, 0) is 17.8 Å². The third-order valence-corrected chi connectivity index (χ3v) is 5.14. The van der Waals surface area contributed by atoms with E-state index in [1.54, 1.807) is 24.3 Å². The molecule has 0 aliphatic rings. The highest BCUT2D eigenvalue weighted by molar-refractivity contribution is 5.97. The first-order chi connectivity index (χ1) is 16.0. The molecule has 0 aliphatic heterocycles. The molecule has 2 amide bonds. The normalized spacial score (nSPS) is 11.6. The fourth-order valence-electron chi connectivity index (χ4n) is 3.25. The summed E-state index contributed by atoms with van der Waals surface area (Å²) in [5.41, 5.74) is 2.45. The van der Waals surface area contributed by atoms with Gasteiger partial charge in [0, 0.05) is 25.1 Å². The quantitative estimate of drug-likeness (QED) is 0.475. The maximum absolute atomic E-state index is 13.0. The molecule has 0 bridgehead atoms. The van der Waals surface area contributed by atoms with Crippen molar-refractivity contribution in [3.8, 4) is 5.75 Å². The molecule has 0 aromatic heterocycles. The number of likely N-dealkylation sites (N-methyl/N-ethyl adjacent to an activating group) is 1. The first kappa shape index (κ1) is 24.0. The van der Waals surface area contributed by atoms with Crippen LogP contribution < -0.4 is 15.4 Å². The zero-order valence-electron chi connectivity index (χ0n) is 19.2. The summed E-state index contributed by atoms with van der Waals surface area (Å²) in [5.74, 6) is 0.271. The van der Waals surface area contributed by atoms with Crippen LogP contribution in [0.25, 0.3) is 0 Å². The number of nitrogens with one attached hydrogen (secondary N) is 2. The van der Waals surface area contributed by atoms with Crippen molar-refractivity contribution in [2.45, 2.75) is 19.0 Å². The Morgan fingerprint density at radius 2 is 1.48 bits per heavy atom. The molecular weight excluding hydrogens is 414 g/mol. The lowest BCUT2D eigenvalue weighted by molar-refractivity contribution is -0.123. The highest BCUT2D eigenvalue weighted by Crippen LogP contribution is 2.14. The van der Waals surface area contributed by atoms with Gasteiger partial charge in [-0.2, -0.15) is 0 Å². The SMILES string of the molecule is CN(C)CCOc1ccc(CC(NC(=O)c2ccccc2)C(=O)NCc2ccccc2)cc1. The molecule has 1 unspecified atom stereocenters. The van der Waals surface area contributed by atoms with Crippen molar-refractivity contribution in [1.82, 2.24) is 15.5 Å². The second-order valence-corrected chi connectivity index (χ2v) is 8.10. The van der Waals surface area contributed by atoms with Crippen LogP contribution in [0.2, 0.25) is 0 Å². The number of benzene rings is 3. The van der Waals surface area contributed by atoms with Gasteiger partial charge in [-0.25, -0.2) is 0 Å². The number of ether oxygens (including phenoxy) is 1. The molecule has 0 saturated carbocycles. The van der Waals surface area contributed by atoms with Crippen LogP contribution >= 0.6 is 0 Å². The van der Waals surface area contributed by atoms with Gasteiger partial charge in [0.05, 0.1) is 0 Å². The van der Waals surface area contributed by atoms with E-state index in [2.05, 4.69) is 15.5 Å². The summed E-state index contributed by atoms with van der Waals surface area (Å²) in [5, 5.41) is 5.83. The standard InChI is InChI=1S/C27H31N3O3/c1-30(2)17-18-33-24-15-13-21(14-16-24)19-25(29-26(31)23-11-7-4-8-12-23)27(32)28-20-22-9-5-3-6-10-22/h3-16,25H,17-20H2,1-2H3,(H,28,32)(H,29,31). The third-order valence-electron chi connectivity index (χ3n) is 5.14. The van der Waals surface area contributed by atoms with Crippen LogP contribution in [0.5, 0.6) is 5.75 Å². The van der Waals surface area contributed by atoms with E-state index in [-0.39, 0.29) is 11.8 Å². The molecule has 0 radical (unpaired) electrons. The predicted octanol–water partition coefficient (Wildman–Crippen LogP) is 3.28. The third kappa shape index (κ3) is 8.09. The van der Waals surface area contributed by atoms with E-state index in [1.807, 2.05) is 74.8 Å². The topological polar surface area (TPSA) is 70.7 Å². The van der Waals surface area contributed by atoms with E-state index in [1.165, 1.54) is 0 Å². The van der Waals surface area contributed by atoms with E-state index in [0.717, 1.165) is 23.4 Å². The van der Waals surface area contributed by atoms with Gasteiger partial charge in [-0.3, -0.25) is 9.59 Å². The van der Waals surface area contributed by atoms with Gasteiger partial charge in [-0.15, -0.1) is 0 Å². The average molecular weight is 446 g/mol. The fraction of sp³-hybridized carbons (Fsp3) is 0.259. The molecule has 0 spiro atoms. The maximum atomic E-state index is 13.0. The molecule has 6 nitrogen and oxygen atoms in total. The van der Waals surface area contributed by atoms with Crippen molar-refractivity contribution in [2.75, 3.05) is 27.2 Å². The number of hydrogen-bond donors (Lipinski definition) is 2. The van der Waals surface area contributed by atoms with Crippen LogP contribution in [0, 0.1) is 0 Å². The predicted molar refractivity (Wildman–Crippen MR) is 130 cm³/mol. The number of rotatable bonds is 11. The zero-order valence-corrected chi connectivity index (χ0v) is 19.2. The van der Waals surface area contributed by atoms with E-state index in [9.17, 15) is 9.59 Å². The van der Waals surface area contributed by atoms with E-state index < -0.39 is 6.04 Å². The molecule has 0 aliphatic carbocycles. The second-order valence-electron chi connectivity index (χ2n) is 8.10. The molecule has 0 heterocycles. The monoisotopic (exact) mass is 445 g/mol. The van der Waals surface area contributed by atoms with Crippen molar-refractivity contribution in [3.05, 3.63) is 102 Å². The van der Waals surface area contributed by atoms with Crippen molar-refractivity contribution >= 4 is 11.8 Å². The molecule has 0 saturated heterocycles. The smallest absolute Gasteiger partial charge is 0.251 e. The molecule has 33 heavy (non-hydrogen) atoms. The highest BCUT2D eigenvalue weighted by atomic mass is 16.5. The van der Waals surface area contributed by atoms with Gasteiger partial charge in [0.15, 0.2) is 0 Å². The number of hydrogen-bond acceptors (Lipinski definition) is 4. The Morgan fingerprint density at radius 3 is 2.12 bits per heavy atom. The van der Waals surface area contributed by atoms with Crippen molar-refractivity contribution in [1.29, 1.82) is 0 Å². The summed E-state index contributed by atoms with van der Waals surface area (Å²) in [6, 6.07) is 25.5. The minimum absolute atomic E-state index is 0.227. The van der Waals surface area contributed by atoms with Crippen LogP contribution in [0.4, 0.5) is 0 Å². The maximum Gasteiger partial charge on any atom is 0.251 e. The second kappa shape index (κ2) is 12.4. The summed E-state index contributed by atoms with van der Waals surface area (Å²) in [4.78, 5) is 27.8. The first-order valence-electron chi connectivity index (χ1n) is 11.1. The van der Waals surface area contributed by atoms with Crippen LogP contribution in [-0.4, -0.2) is 50.0 Å². The lowest BCUT2D eigenvalue weighted by Crippen LogP contribution is -2.47. The molecule has 1 atom stereocenters. The van der Waals surface area contributed by atoms with E-state index in [4.69, 9.17) is 4.74 Å². The molecule has 3 rings (SSSR count). The van der Waals surface area contributed by atoms with Gasteiger partial charge in [-0.05, 0) is 49.5 Å². The molecule has 0 fully saturated rings. The van der Waals surface area contributed by atoms with Gasteiger partial charge in [0.25, 0.3) is 5.91 Å². The first-order valence-corrected chi connectivity index (χ1v) is 11.1. The molecule has 172 valence electrons. The minimum Gasteiger partial charge on any atom is -0.492 e. The molecule has 3 aromatic carbocycles. The Bertz CT molecular complexity index is 1010. The lowest BCUT2D eigenvalue weighted by atomic mass is 10.0. The Balaban J connectivity index is 1.66. The Labute approximate surface area is 195 Å². The molecule has 2 N–H and O–H groups in total. The van der Waals surface area contributed by atoms with Gasteiger partial charge >= 0.3 is 0 Å². The van der Waals surface area contributed by atoms with E-state index in [0.29, 0.717) is 25.1 Å². The summed E-state index contributed by atoms with van der Waals surface area (Å²) >= 11 is 0. The van der Waals surface area contributed by atoms with Gasteiger partial charge < -0.3 is 20.3 Å². The highest BCUT2D eigenvalue weighted by Gasteiger charge is 2.22. The van der Waals surface area contributed by atoms with Crippen LogP contribution in [0.1, 0.15) is 21.5 Å². The van der Waals surface area contributed by atoms with E-state index >= 15 is 0 Å². The largest absolute Gasteiger partial charge is 0.492 e. The van der Waals surface area contributed by atoms with Crippen LogP contribution in [0.3, 0.4) is 0 Å². The minimum atomic E-state index is -0.707. The lowest BCUT2D eigenvalue weighted by Gasteiger charge is -2.19. The van der Waals surface area contributed by atoms with Crippen molar-refractivity contribution < 1.29 is 14.3 Å². The van der Waals surface area contributed by atoms with Crippen molar-refractivity contribution in [3.63, 3.8) is 0 Å². The summed E-state index contributed by atoms with van der Waals surface area (Å²) < 4.78 is 5.74. The van der Waals surface area contributed by atoms with Gasteiger partial charge in [0.1, 0.15) is 18.4 Å². The van der Waals surface area contributed by atoms with Crippen LogP contribution in [0.15, 0.2) is 84.9 Å². The fourth-order valence-corrected chi connectivity index (χ4v) is 3.25. The Kier molecular flexibility index (Phi) is 9.03. The Hall–Kier alpha value is -3.64. The molecular formula is C27H31N3O3. The summed E-state index contributed by atoms with van der Waals surface area (Å²) in [6.45, 7) is 1.83. The zero-order chi connectivity index (χ0) is 23.5. The molecule has 3 aromatic rings. The average Bonchev–Trinajstić information content (AvgIpc) is 2.84. The van der Waals surface area contributed by atoms with Crippen molar-refractivity contribution in [2.24, 2.45) is 0 Å². The number of amides is 2.